The van der Waals surface area contributed by atoms with E-state index in [0.717, 1.165) is 65.8 Å². The van der Waals surface area contributed by atoms with Crippen LogP contribution < -0.4 is 9.80 Å². The minimum atomic E-state index is 0.835. The van der Waals surface area contributed by atoms with E-state index in [1.807, 2.05) is 41.2 Å². The lowest BCUT2D eigenvalue weighted by Crippen LogP contribution is -2.46. The lowest BCUT2D eigenvalue weighted by atomic mass is 10.2. The zero-order chi connectivity index (χ0) is 21.5. The van der Waals surface area contributed by atoms with Gasteiger partial charge in [0.15, 0.2) is 10.8 Å². The third-order valence-corrected chi connectivity index (χ3v) is 7.12. The molecule has 1 fully saturated rings. The Balaban J connectivity index is 1.24. The fourth-order valence-electron chi connectivity index (χ4n) is 4.26. The summed E-state index contributed by atoms with van der Waals surface area (Å²) in [5.41, 5.74) is 4.29. The number of para-hydroxylation sites is 1. The number of benzene rings is 2. The van der Waals surface area contributed by atoms with Gasteiger partial charge in [0, 0.05) is 26.2 Å². The molecule has 0 spiro atoms. The Morgan fingerprint density at radius 2 is 1.75 bits per heavy atom. The summed E-state index contributed by atoms with van der Waals surface area (Å²) in [4.78, 5) is 18.7. The first-order chi connectivity index (χ1) is 15.8. The molecule has 0 saturated carbocycles. The molecule has 0 aliphatic carbocycles. The first-order valence-corrected chi connectivity index (χ1v) is 11.8. The molecule has 0 amide bonds. The number of hydrogen-bond acceptors (Lipinski definition) is 7. The molecule has 5 aromatic rings. The number of anilines is 2. The molecule has 7 nitrogen and oxygen atoms in total. The minimum Gasteiger partial charge on any atom is -0.352 e. The molecule has 160 valence electrons. The monoisotopic (exact) mass is 441 g/mol. The van der Waals surface area contributed by atoms with Crippen molar-refractivity contribution < 1.29 is 0 Å². The predicted octanol–water partition coefficient (Wildman–Crippen LogP) is 4.31. The van der Waals surface area contributed by atoms with Crippen molar-refractivity contribution in [1.82, 2.24) is 24.7 Å². The van der Waals surface area contributed by atoms with E-state index < -0.39 is 0 Å². The maximum atomic E-state index is 4.88. The molecule has 8 heteroatoms. The highest BCUT2D eigenvalue weighted by molar-refractivity contribution is 7.22. The number of hydrogen-bond donors (Lipinski definition) is 0. The Morgan fingerprint density at radius 3 is 2.56 bits per heavy atom. The van der Waals surface area contributed by atoms with Gasteiger partial charge < -0.3 is 9.80 Å². The largest absolute Gasteiger partial charge is 0.352 e. The Hall–Kier alpha value is -3.52. The summed E-state index contributed by atoms with van der Waals surface area (Å²) in [6, 6.07) is 16.7. The minimum absolute atomic E-state index is 0.835. The first kappa shape index (κ1) is 19.2. The van der Waals surface area contributed by atoms with Crippen LogP contribution in [-0.2, 0) is 6.42 Å². The number of piperazine rings is 1. The molecule has 3 aromatic heterocycles. The van der Waals surface area contributed by atoms with Gasteiger partial charge in [-0.25, -0.2) is 19.6 Å². The van der Waals surface area contributed by atoms with Gasteiger partial charge in [-0.05, 0) is 36.2 Å². The summed E-state index contributed by atoms with van der Waals surface area (Å²) in [6.45, 7) is 5.80. The number of fused-ring (bicyclic) bond motifs is 2. The molecule has 1 aliphatic rings. The van der Waals surface area contributed by atoms with Crippen LogP contribution >= 0.6 is 11.3 Å². The number of rotatable bonds is 4. The molecule has 4 heterocycles. The summed E-state index contributed by atoms with van der Waals surface area (Å²) < 4.78 is 3.15. The molecule has 0 unspecified atom stereocenters. The molecule has 2 aromatic carbocycles. The Morgan fingerprint density at radius 1 is 0.938 bits per heavy atom. The van der Waals surface area contributed by atoms with Crippen LogP contribution in [0.4, 0.5) is 10.9 Å². The maximum absolute atomic E-state index is 4.88. The highest BCUT2D eigenvalue weighted by Crippen LogP contribution is 2.31. The van der Waals surface area contributed by atoms with Crippen molar-refractivity contribution in [3.8, 4) is 5.69 Å². The zero-order valence-corrected chi connectivity index (χ0v) is 18.7. The van der Waals surface area contributed by atoms with Gasteiger partial charge in [0.1, 0.15) is 12.1 Å². The molecule has 1 saturated heterocycles. The number of thiazole rings is 1. The fourth-order valence-corrected chi connectivity index (χ4v) is 5.34. The van der Waals surface area contributed by atoms with Crippen molar-refractivity contribution in [3.05, 3.63) is 66.6 Å². The van der Waals surface area contributed by atoms with Crippen LogP contribution in [0.25, 0.3) is 26.9 Å². The predicted molar refractivity (Wildman–Crippen MR) is 130 cm³/mol. The van der Waals surface area contributed by atoms with Gasteiger partial charge in [-0.2, -0.15) is 5.10 Å². The second-order valence-electron chi connectivity index (χ2n) is 7.95. The second kappa shape index (κ2) is 7.87. The normalized spacial score (nSPS) is 14.5. The molecule has 1 aliphatic heterocycles. The van der Waals surface area contributed by atoms with Crippen LogP contribution in [0.15, 0.2) is 61.1 Å². The topological polar surface area (TPSA) is 63.0 Å². The smallest absolute Gasteiger partial charge is 0.186 e. The summed E-state index contributed by atoms with van der Waals surface area (Å²) in [7, 11) is 0. The van der Waals surface area contributed by atoms with E-state index >= 15 is 0 Å². The van der Waals surface area contributed by atoms with Crippen LogP contribution in [-0.4, -0.2) is 50.9 Å². The molecule has 0 bridgehead atoms. The summed E-state index contributed by atoms with van der Waals surface area (Å²) in [5.74, 6) is 0.953. The highest BCUT2D eigenvalue weighted by atomic mass is 32.1. The molecule has 0 N–H and O–H groups in total. The third kappa shape index (κ3) is 3.27. The third-order valence-electron chi connectivity index (χ3n) is 6.05. The van der Waals surface area contributed by atoms with Gasteiger partial charge in [-0.1, -0.05) is 42.5 Å². The Bertz CT molecular complexity index is 1380. The summed E-state index contributed by atoms with van der Waals surface area (Å²) in [5, 5.41) is 6.68. The Labute approximate surface area is 190 Å². The van der Waals surface area contributed by atoms with Crippen LogP contribution in [0, 0.1) is 0 Å². The molecular formula is C24H23N7S. The quantitative estimate of drug-likeness (QED) is 0.414. The van der Waals surface area contributed by atoms with Gasteiger partial charge in [0.2, 0.25) is 0 Å². The van der Waals surface area contributed by atoms with Gasteiger partial charge in [-0.15, -0.1) is 0 Å². The lowest BCUT2D eigenvalue weighted by Gasteiger charge is -2.35. The first-order valence-electron chi connectivity index (χ1n) is 10.9. The molecule has 0 atom stereocenters. The molecule has 0 radical (unpaired) electrons. The number of aryl methyl sites for hydroxylation is 1. The van der Waals surface area contributed by atoms with Crippen LogP contribution in [0.5, 0.6) is 0 Å². The van der Waals surface area contributed by atoms with E-state index in [9.17, 15) is 0 Å². The van der Waals surface area contributed by atoms with Crippen LogP contribution in [0.1, 0.15) is 12.5 Å². The number of aromatic nitrogens is 5. The fraction of sp³-hybridized carbons (Fsp3) is 0.250. The van der Waals surface area contributed by atoms with Crippen molar-refractivity contribution in [2.24, 2.45) is 0 Å². The Kier molecular flexibility index (Phi) is 4.72. The van der Waals surface area contributed by atoms with Gasteiger partial charge in [0.05, 0.1) is 27.5 Å². The molecule has 32 heavy (non-hydrogen) atoms. The lowest BCUT2D eigenvalue weighted by molar-refractivity contribution is 0.648. The summed E-state index contributed by atoms with van der Waals surface area (Å²) in [6.07, 6.45) is 4.57. The van der Waals surface area contributed by atoms with Crippen molar-refractivity contribution in [3.63, 3.8) is 0 Å². The van der Waals surface area contributed by atoms with E-state index in [1.165, 1.54) is 10.3 Å². The van der Waals surface area contributed by atoms with Crippen molar-refractivity contribution >= 4 is 43.5 Å². The van der Waals surface area contributed by atoms with Gasteiger partial charge in [0.25, 0.3) is 0 Å². The average Bonchev–Trinajstić information content (AvgIpc) is 3.48. The maximum Gasteiger partial charge on any atom is 0.186 e. The van der Waals surface area contributed by atoms with Gasteiger partial charge >= 0.3 is 0 Å². The van der Waals surface area contributed by atoms with Crippen molar-refractivity contribution in [1.29, 1.82) is 0 Å². The van der Waals surface area contributed by atoms with E-state index in [1.54, 1.807) is 17.7 Å². The van der Waals surface area contributed by atoms with E-state index in [-0.39, 0.29) is 0 Å². The number of nitrogens with zero attached hydrogens (tertiary/aromatic N) is 7. The second-order valence-corrected chi connectivity index (χ2v) is 8.96. The average molecular weight is 442 g/mol. The van der Waals surface area contributed by atoms with E-state index in [2.05, 4.69) is 50.0 Å². The van der Waals surface area contributed by atoms with Crippen molar-refractivity contribution in [2.45, 2.75) is 13.3 Å². The van der Waals surface area contributed by atoms with Gasteiger partial charge in [-0.3, -0.25) is 0 Å². The molecular weight excluding hydrogens is 418 g/mol. The molecule has 6 rings (SSSR count). The summed E-state index contributed by atoms with van der Waals surface area (Å²) >= 11 is 1.79. The highest BCUT2D eigenvalue weighted by Gasteiger charge is 2.23. The standard InChI is InChI=1S/C24H23N7S/c1-2-17-8-9-20-21(14-17)32-24(28-20)30-12-10-29(11-13-30)22-19-15-27-31(23(19)26-16-25-22)18-6-4-3-5-7-18/h3-9,14-16H,2,10-13H2,1H3. The van der Waals surface area contributed by atoms with E-state index in [4.69, 9.17) is 4.98 Å². The van der Waals surface area contributed by atoms with E-state index in [0.29, 0.717) is 0 Å². The SMILES string of the molecule is CCc1ccc2nc(N3CCN(c4ncnc5c4cnn5-c4ccccc4)CC3)sc2c1. The van der Waals surface area contributed by atoms with Crippen LogP contribution in [0.3, 0.4) is 0 Å². The zero-order valence-electron chi connectivity index (χ0n) is 17.8. The van der Waals surface area contributed by atoms with Crippen LogP contribution in [0.2, 0.25) is 0 Å². The van der Waals surface area contributed by atoms with Crippen molar-refractivity contribution in [2.75, 3.05) is 36.0 Å².